The van der Waals surface area contributed by atoms with Crippen LogP contribution in [0.25, 0.3) is 0 Å². The molecule has 1 fully saturated rings. The van der Waals surface area contributed by atoms with Crippen molar-refractivity contribution in [2.45, 2.75) is 31.8 Å². The van der Waals surface area contributed by atoms with Gasteiger partial charge in [0.15, 0.2) is 0 Å². The molecule has 19 heavy (non-hydrogen) atoms. The summed E-state index contributed by atoms with van der Waals surface area (Å²) in [6.07, 6.45) is 0.449. The lowest BCUT2D eigenvalue weighted by Gasteiger charge is -2.52. The van der Waals surface area contributed by atoms with E-state index in [1.54, 1.807) is 12.1 Å². The molecule has 0 saturated carbocycles. The molecule has 1 aromatic carbocycles. The largest absolute Gasteiger partial charge is 0.360 e. The summed E-state index contributed by atoms with van der Waals surface area (Å²) in [5.41, 5.74) is 0.737. The van der Waals surface area contributed by atoms with Gasteiger partial charge in [0.05, 0.1) is 18.5 Å². The summed E-state index contributed by atoms with van der Waals surface area (Å²) in [4.78, 5) is 4.43. The van der Waals surface area contributed by atoms with Crippen LogP contribution in [0.2, 0.25) is 0 Å². The highest BCUT2D eigenvalue weighted by atomic mass is 19.1. The molecule has 1 saturated heterocycles. The molecule has 2 rings (SSSR count). The first-order chi connectivity index (χ1) is 8.94. The van der Waals surface area contributed by atoms with Crippen molar-refractivity contribution in [3.05, 3.63) is 30.1 Å². The highest BCUT2D eigenvalue weighted by molar-refractivity contribution is 5.51. The number of rotatable bonds is 2. The second-order valence-electron chi connectivity index (χ2n) is 5.88. The van der Waals surface area contributed by atoms with Crippen molar-refractivity contribution in [2.24, 2.45) is 0 Å². The minimum absolute atomic E-state index is 0.0977. The van der Waals surface area contributed by atoms with Crippen molar-refractivity contribution >= 4 is 5.69 Å². The van der Waals surface area contributed by atoms with E-state index >= 15 is 0 Å². The lowest BCUT2D eigenvalue weighted by molar-refractivity contribution is 0.181. The van der Waals surface area contributed by atoms with E-state index in [1.165, 1.54) is 6.07 Å². The summed E-state index contributed by atoms with van der Waals surface area (Å²) < 4.78 is 13.5. The lowest BCUT2D eigenvalue weighted by Crippen LogP contribution is -2.63. The number of likely N-dealkylation sites (N-methyl/N-ethyl adjacent to an activating group) is 1. The zero-order valence-corrected chi connectivity index (χ0v) is 11.7. The van der Waals surface area contributed by atoms with Crippen molar-refractivity contribution < 1.29 is 4.39 Å². The number of hydrogen-bond donors (Lipinski definition) is 0. The number of piperazine rings is 1. The second kappa shape index (κ2) is 5.18. The van der Waals surface area contributed by atoms with Crippen LogP contribution in [0.5, 0.6) is 0 Å². The Bertz CT molecular complexity index is 492. The number of benzene rings is 1. The Morgan fingerprint density at radius 2 is 2.21 bits per heavy atom. The predicted octanol–water partition coefficient (Wildman–Crippen LogP) is 2.64. The minimum atomic E-state index is -0.233. The van der Waals surface area contributed by atoms with Crippen molar-refractivity contribution in [1.29, 1.82) is 5.26 Å². The Morgan fingerprint density at radius 1 is 1.47 bits per heavy atom. The monoisotopic (exact) mass is 261 g/mol. The maximum absolute atomic E-state index is 13.5. The third-order valence-electron chi connectivity index (χ3n) is 3.61. The van der Waals surface area contributed by atoms with Gasteiger partial charge in [0.1, 0.15) is 5.82 Å². The molecule has 1 aliphatic rings. The van der Waals surface area contributed by atoms with Crippen LogP contribution in [0.1, 0.15) is 20.3 Å². The Balaban J connectivity index is 2.39. The normalized spacial score (nSPS) is 23.1. The molecule has 0 radical (unpaired) electrons. The van der Waals surface area contributed by atoms with Gasteiger partial charge in [-0.25, -0.2) is 4.39 Å². The smallest absolute Gasteiger partial charge is 0.125 e. The van der Waals surface area contributed by atoms with Gasteiger partial charge in [0, 0.05) is 24.3 Å². The van der Waals surface area contributed by atoms with Crippen molar-refractivity contribution in [3.8, 4) is 6.07 Å². The topological polar surface area (TPSA) is 30.3 Å². The molecule has 1 aliphatic heterocycles. The van der Waals surface area contributed by atoms with Crippen molar-refractivity contribution in [2.75, 3.05) is 25.0 Å². The Labute approximate surface area is 114 Å². The summed E-state index contributed by atoms with van der Waals surface area (Å²) in [5.74, 6) is -0.233. The molecule has 1 atom stereocenters. The first-order valence-electron chi connectivity index (χ1n) is 6.54. The Hall–Kier alpha value is -1.60. The molecule has 0 spiro atoms. The molecular formula is C15H20FN3. The van der Waals surface area contributed by atoms with Crippen molar-refractivity contribution in [1.82, 2.24) is 4.90 Å². The van der Waals surface area contributed by atoms with Crippen LogP contribution in [-0.4, -0.2) is 36.6 Å². The quantitative estimate of drug-likeness (QED) is 0.820. The van der Waals surface area contributed by atoms with Crippen LogP contribution in [0.4, 0.5) is 10.1 Å². The molecule has 0 bridgehead atoms. The molecule has 0 N–H and O–H groups in total. The molecule has 102 valence electrons. The van der Waals surface area contributed by atoms with Crippen LogP contribution in [0, 0.1) is 17.1 Å². The van der Waals surface area contributed by atoms with Crippen LogP contribution in [0.15, 0.2) is 24.3 Å². The summed E-state index contributed by atoms with van der Waals surface area (Å²) in [6, 6.07) is 8.99. The van der Waals surface area contributed by atoms with Gasteiger partial charge in [0.25, 0.3) is 0 Å². The molecular weight excluding hydrogens is 241 g/mol. The SMILES string of the molecule is CN1CC(CC#N)N(c2cccc(F)c2)C(C)(C)C1. The zero-order valence-electron chi connectivity index (χ0n) is 11.7. The average molecular weight is 261 g/mol. The van der Waals surface area contributed by atoms with Gasteiger partial charge in [0.2, 0.25) is 0 Å². The van der Waals surface area contributed by atoms with E-state index in [4.69, 9.17) is 5.26 Å². The Kier molecular flexibility index (Phi) is 3.77. The van der Waals surface area contributed by atoms with Gasteiger partial charge in [-0.2, -0.15) is 5.26 Å². The Morgan fingerprint density at radius 3 is 2.84 bits per heavy atom. The van der Waals surface area contributed by atoms with Gasteiger partial charge >= 0.3 is 0 Å². The van der Waals surface area contributed by atoms with E-state index in [1.807, 2.05) is 6.07 Å². The van der Waals surface area contributed by atoms with Crippen LogP contribution in [0.3, 0.4) is 0 Å². The van der Waals surface area contributed by atoms with Gasteiger partial charge in [-0.3, -0.25) is 0 Å². The van der Waals surface area contributed by atoms with E-state index in [2.05, 4.69) is 36.8 Å². The van der Waals surface area contributed by atoms with Crippen LogP contribution >= 0.6 is 0 Å². The van der Waals surface area contributed by atoms with E-state index < -0.39 is 0 Å². The molecule has 4 heteroatoms. The third kappa shape index (κ3) is 2.87. The minimum Gasteiger partial charge on any atom is -0.360 e. The fourth-order valence-corrected chi connectivity index (χ4v) is 3.18. The van der Waals surface area contributed by atoms with E-state index in [9.17, 15) is 4.39 Å². The number of anilines is 1. The highest BCUT2D eigenvalue weighted by Crippen LogP contribution is 2.32. The van der Waals surface area contributed by atoms with Gasteiger partial charge in [-0.1, -0.05) is 6.07 Å². The molecule has 0 aliphatic carbocycles. The molecule has 0 aromatic heterocycles. The van der Waals surface area contributed by atoms with Crippen molar-refractivity contribution in [3.63, 3.8) is 0 Å². The number of nitriles is 1. The summed E-state index contributed by atoms with van der Waals surface area (Å²) in [5, 5.41) is 9.02. The number of nitrogens with zero attached hydrogens (tertiary/aromatic N) is 3. The van der Waals surface area contributed by atoms with Gasteiger partial charge < -0.3 is 9.80 Å². The van der Waals surface area contributed by atoms with Gasteiger partial charge in [-0.15, -0.1) is 0 Å². The zero-order chi connectivity index (χ0) is 14.0. The van der Waals surface area contributed by atoms with E-state index in [0.717, 1.165) is 18.8 Å². The summed E-state index contributed by atoms with van der Waals surface area (Å²) in [7, 11) is 2.06. The van der Waals surface area contributed by atoms with Crippen LogP contribution < -0.4 is 4.90 Å². The van der Waals surface area contributed by atoms with E-state index in [-0.39, 0.29) is 17.4 Å². The predicted molar refractivity (Wildman–Crippen MR) is 74.5 cm³/mol. The summed E-state index contributed by atoms with van der Waals surface area (Å²) >= 11 is 0. The maximum atomic E-state index is 13.5. The second-order valence-corrected chi connectivity index (χ2v) is 5.88. The molecule has 1 aromatic rings. The maximum Gasteiger partial charge on any atom is 0.125 e. The van der Waals surface area contributed by atoms with E-state index in [0.29, 0.717) is 6.42 Å². The lowest BCUT2D eigenvalue weighted by atomic mass is 9.93. The fourth-order valence-electron chi connectivity index (χ4n) is 3.18. The summed E-state index contributed by atoms with van der Waals surface area (Å²) in [6.45, 7) is 5.99. The fraction of sp³-hybridized carbons (Fsp3) is 0.533. The first-order valence-corrected chi connectivity index (χ1v) is 6.54. The highest BCUT2D eigenvalue weighted by Gasteiger charge is 2.38. The standard InChI is InChI=1S/C15H20FN3/c1-15(2)11-18(3)10-14(7-8-17)19(15)13-6-4-5-12(16)9-13/h4-6,9,14H,7,10-11H2,1-3H3. The molecule has 1 unspecified atom stereocenters. The average Bonchev–Trinajstić information content (AvgIpc) is 2.26. The van der Waals surface area contributed by atoms with Gasteiger partial charge in [-0.05, 0) is 39.1 Å². The number of hydrogen-bond acceptors (Lipinski definition) is 3. The molecule has 1 heterocycles. The number of halogens is 1. The third-order valence-corrected chi connectivity index (χ3v) is 3.61. The molecule has 0 amide bonds. The van der Waals surface area contributed by atoms with Crippen LogP contribution in [-0.2, 0) is 0 Å². The molecule has 3 nitrogen and oxygen atoms in total. The first kappa shape index (κ1) is 13.8.